The molecule has 0 bridgehead atoms. The number of sulfonamides is 1. The number of methoxy groups -OCH3 is 2. The van der Waals surface area contributed by atoms with E-state index in [2.05, 4.69) is 9.71 Å². The Kier molecular flexibility index (Phi) is 6.74. The second-order valence-corrected chi connectivity index (χ2v) is 9.26. The minimum Gasteiger partial charge on any atom is -0.497 e. The van der Waals surface area contributed by atoms with Crippen LogP contribution < -0.4 is 18.9 Å². The van der Waals surface area contributed by atoms with E-state index < -0.39 is 10.0 Å². The smallest absolute Gasteiger partial charge is 0.265 e. The van der Waals surface area contributed by atoms with Crippen molar-refractivity contribution >= 4 is 38.6 Å². The van der Waals surface area contributed by atoms with Crippen molar-refractivity contribution in [2.45, 2.75) is 18.7 Å². The van der Waals surface area contributed by atoms with Gasteiger partial charge in [0.05, 0.1) is 36.6 Å². The monoisotopic (exact) mass is 468 g/mol. The van der Waals surface area contributed by atoms with Crippen LogP contribution in [0.3, 0.4) is 0 Å². The van der Waals surface area contributed by atoms with Crippen LogP contribution in [-0.4, -0.2) is 34.2 Å². The van der Waals surface area contributed by atoms with Crippen molar-refractivity contribution in [2.75, 3.05) is 25.5 Å². The summed E-state index contributed by atoms with van der Waals surface area (Å²) in [4.78, 5) is 4.41. The molecular formula is C20H21ClN2O5S2. The van der Waals surface area contributed by atoms with Crippen LogP contribution in [0.1, 0.15) is 11.9 Å². The van der Waals surface area contributed by atoms with Crippen molar-refractivity contribution in [1.82, 2.24) is 4.98 Å². The highest BCUT2D eigenvalue weighted by atomic mass is 35.5. The van der Waals surface area contributed by atoms with Gasteiger partial charge in [-0.05, 0) is 32.0 Å². The van der Waals surface area contributed by atoms with Gasteiger partial charge in [0.2, 0.25) is 0 Å². The van der Waals surface area contributed by atoms with Gasteiger partial charge in [0, 0.05) is 23.1 Å². The quantitative estimate of drug-likeness (QED) is 0.501. The van der Waals surface area contributed by atoms with Crippen molar-refractivity contribution < 1.29 is 22.6 Å². The van der Waals surface area contributed by atoms with Gasteiger partial charge in [-0.2, -0.15) is 0 Å². The first-order valence-electron chi connectivity index (χ1n) is 8.92. The highest BCUT2D eigenvalue weighted by Crippen LogP contribution is 2.39. The maximum atomic E-state index is 13.3. The molecule has 3 aromatic rings. The summed E-state index contributed by atoms with van der Waals surface area (Å²) in [6, 6.07) is 7.97. The molecule has 0 saturated carbocycles. The molecule has 0 saturated heterocycles. The molecule has 0 aliphatic rings. The second kappa shape index (κ2) is 9.11. The molecule has 0 amide bonds. The standard InChI is InChI=1S/C20H21ClN2O5S2/c1-5-28-17-7-6-13(16-11-29-12(2)22-16)8-19(17)30(24,25)23-20-15(21)9-14(26-3)10-18(20)27-4/h6-11,23H,5H2,1-4H3. The number of halogens is 1. The summed E-state index contributed by atoms with van der Waals surface area (Å²) in [7, 11) is -1.17. The van der Waals surface area contributed by atoms with Crippen LogP contribution >= 0.6 is 22.9 Å². The topological polar surface area (TPSA) is 86.8 Å². The Labute approximate surface area is 184 Å². The van der Waals surface area contributed by atoms with Crippen molar-refractivity contribution in [3.8, 4) is 28.5 Å². The summed E-state index contributed by atoms with van der Waals surface area (Å²) in [6.07, 6.45) is 0. The fourth-order valence-corrected chi connectivity index (χ4v) is 4.96. The molecule has 1 aromatic heterocycles. The van der Waals surface area contributed by atoms with Crippen LogP contribution in [0.25, 0.3) is 11.3 Å². The Bertz CT molecular complexity index is 1160. The normalized spacial score (nSPS) is 11.2. The maximum Gasteiger partial charge on any atom is 0.265 e. The summed E-state index contributed by atoms with van der Waals surface area (Å²) < 4.78 is 45.1. The zero-order chi connectivity index (χ0) is 21.9. The van der Waals surface area contributed by atoms with E-state index in [1.54, 1.807) is 25.1 Å². The van der Waals surface area contributed by atoms with Gasteiger partial charge in [-0.1, -0.05) is 11.6 Å². The number of aryl methyl sites for hydroxylation is 1. The molecule has 160 valence electrons. The van der Waals surface area contributed by atoms with E-state index in [-0.39, 0.29) is 27.1 Å². The van der Waals surface area contributed by atoms with Gasteiger partial charge in [0.1, 0.15) is 27.8 Å². The molecule has 7 nitrogen and oxygen atoms in total. The molecule has 2 aromatic carbocycles. The zero-order valence-electron chi connectivity index (χ0n) is 16.9. The molecule has 0 unspecified atom stereocenters. The Balaban J connectivity index is 2.09. The molecule has 0 radical (unpaired) electrons. The SMILES string of the molecule is CCOc1ccc(-c2csc(C)n2)cc1S(=O)(=O)Nc1c(Cl)cc(OC)cc1OC. The second-order valence-electron chi connectivity index (χ2n) is 6.14. The number of thiazole rings is 1. The molecule has 1 N–H and O–H groups in total. The van der Waals surface area contributed by atoms with Gasteiger partial charge in [0.25, 0.3) is 10.0 Å². The predicted octanol–water partition coefficient (Wildman–Crippen LogP) is 4.99. The van der Waals surface area contributed by atoms with Crippen molar-refractivity contribution in [3.63, 3.8) is 0 Å². The fourth-order valence-electron chi connectivity index (χ4n) is 2.77. The van der Waals surface area contributed by atoms with Crippen LogP contribution in [0, 0.1) is 6.92 Å². The van der Waals surface area contributed by atoms with E-state index in [1.165, 1.54) is 37.7 Å². The van der Waals surface area contributed by atoms with E-state index in [4.69, 9.17) is 25.8 Å². The van der Waals surface area contributed by atoms with Crippen molar-refractivity contribution in [1.29, 1.82) is 0 Å². The summed E-state index contributed by atoms with van der Waals surface area (Å²) in [5, 5.41) is 2.90. The zero-order valence-corrected chi connectivity index (χ0v) is 19.2. The first-order valence-corrected chi connectivity index (χ1v) is 11.7. The highest BCUT2D eigenvalue weighted by molar-refractivity contribution is 7.92. The Morgan fingerprint density at radius 3 is 2.50 bits per heavy atom. The number of hydrogen-bond donors (Lipinski definition) is 1. The molecule has 3 rings (SSSR count). The number of benzene rings is 2. The summed E-state index contributed by atoms with van der Waals surface area (Å²) in [6.45, 7) is 3.98. The minimum absolute atomic E-state index is 0.0264. The Morgan fingerprint density at radius 2 is 1.90 bits per heavy atom. The lowest BCUT2D eigenvalue weighted by Gasteiger charge is -2.17. The lowest BCUT2D eigenvalue weighted by Crippen LogP contribution is -2.16. The third-order valence-electron chi connectivity index (χ3n) is 4.17. The van der Waals surface area contributed by atoms with Crippen LogP contribution in [0.2, 0.25) is 5.02 Å². The van der Waals surface area contributed by atoms with E-state index >= 15 is 0 Å². The molecule has 1 heterocycles. The molecule has 0 aliphatic carbocycles. The lowest BCUT2D eigenvalue weighted by atomic mass is 10.2. The lowest BCUT2D eigenvalue weighted by molar-refractivity contribution is 0.331. The largest absolute Gasteiger partial charge is 0.497 e. The van der Waals surface area contributed by atoms with Crippen LogP contribution in [0.5, 0.6) is 17.2 Å². The third-order valence-corrected chi connectivity index (χ3v) is 6.61. The predicted molar refractivity (Wildman–Crippen MR) is 119 cm³/mol. The van der Waals surface area contributed by atoms with Crippen LogP contribution in [-0.2, 0) is 10.0 Å². The number of aromatic nitrogens is 1. The van der Waals surface area contributed by atoms with Crippen LogP contribution in [0.15, 0.2) is 40.6 Å². The van der Waals surface area contributed by atoms with Gasteiger partial charge in [0.15, 0.2) is 0 Å². The number of hydrogen-bond acceptors (Lipinski definition) is 7. The van der Waals surface area contributed by atoms with Crippen molar-refractivity contribution in [3.05, 3.63) is 45.7 Å². The van der Waals surface area contributed by atoms with Gasteiger partial charge in [-0.3, -0.25) is 4.72 Å². The average molecular weight is 469 g/mol. The molecular weight excluding hydrogens is 448 g/mol. The number of ether oxygens (including phenoxy) is 3. The first-order chi connectivity index (χ1) is 14.3. The molecule has 0 spiro atoms. The molecule has 0 aliphatic heterocycles. The van der Waals surface area contributed by atoms with Gasteiger partial charge in [-0.25, -0.2) is 13.4 Å². The Morgan fingerprint density at radius 1 is 1.13 bits per heavy atom. The minimum atomic E-state index is -4.07. The number of rotatable bonds is 8. The van der Waals surface area contributed by atoms with Crippen LogP contribution in [0.4, 0.5) is 5.69 Å². The fraction of sp³-hybridized carbons (Fsp3) is 0.250. The maximum absolute atomic E-state index is 13.3. The molecule has 30 heavy (non-hydrogen) atoms. The summed E-state index contributed by atoms with van der Waals surface area (Å²) in [5.41, 5.74) is 1.46. The van der Waals surface area contributed by atoms with Gasteiger partial charge < -0.3 is 14.2 Å². The third kappa shape index (κ3) is 4.63. The van der Waals surface area contributed by atoms with E-state index in [9.17, 15) is 8.42 Å². The van der Waals surface area contributed by atoms with Crippen molar-refractivity contribution in [2.24, 2.45) is 0 Å². The number of nitrogens with zero attached hydrogens (tertiary/aromatic N) is 1. The van der Waals surface area contributed by atoms with E-state index in [1.807, 2.05) is 12.3 Å². The first kappa shape index (κ1) is 22.2. The summed E-state index contributed by atoms with van der Waals surface area (Å²) in [5.74, 6) is 0.896. The molecule has 10 heteroatoms. The molecule has 0 atom stereocenters. The number of anilines is 1. The highest BCUT2D eigenvalue weighted by Gasteiger charge is 2.24. The number of nitrogens with one attached hydrogen (secondary N) is 1. The molecule has 0 fully saturated rings. The summed E-state index contributed by atoms with van der Waals surface area (Å²) >= 11 is 7.78. The van der Waals surface area contributed by atoms with Gasteiger partial charge in [-0.15, -0.1) is 11.3 Å². The van der Waals surface area contributed by atoms with E-state index in [0.717, 1.165) is 5.01 Å². The Hall–Kier alpha value is -2.49. The average Bonchev–Trinajstić information content (AvgIpc) is 3.16. The van der Waals surface area contributed by atoms with Gasteiger partial charge >= 0.3 is 0 Å². The van der Waals surface area contributed by atoms with E-state index in [0.29, 0.717) is 23.6 Å².